The zero-order valence-electron chi connectivity index (χ0n) is 14.8. The highest BCUT2D eigenvalue weighted by Crippen LogP contribution is 2.30. The minimum Gasteiger partial charge on any atom is -0.339 e. The molecule has 0 N–H and O–H groups in total. The summed E-state index contributed by atoms with van der Waals surface area (Å²) in [4.78, 5) is 33.8. The van der Waals surface area contributed by atoms with Gasteiger partial charge in [0.05, 0.1) is 12.3 Å². The number of piperidine rings is 1. The van der Waals surface area contributed by atoms with Gasteiger partial charge in [-0.2, -0.15) is 0 Å². The van der Waals surface area contributed by atoms with Crippen LogP contribution in [0.25, 0.3) is 0 Å². The van der Waals surface area contributed by atoms with E-state index < -0.39 is 0 Å². The predicted molar refractivity (Wildman–Crippen MR) is 98.0 cm³/mol. The summed E-state index contributed by atoms with van der Waals surface area (Å²) in [6.45, 7) is 1.79. The topological polar surface area (TPSA) is 53.5 Å². The maximum absolute atomic E-state index is 12.9. The average molecular weight is 349 g/mol. The number of rotatable bonds is 4. The van der Waals surface area contributed by atoms with Crippen molar-refractivity contribution >= 4 is 11.8 Å². The molecule has 2 atom stereocenters. The van der Waals surface area contributed by atoms with Crippen molar-refractivity contribution in [2.45, 2.75) is 31.8 Å². The van der Waals surface area contributed by atoms with Gasteiger partial charge in [-0.15, -0.1) is 0 Å². The maximum atomic E-state index is 12.9. The van der Waals surface area contributed by atoms with Gasteiger partial charge in [-0.1, -0.05) is 36.4 Å². The van der Waals surface area contributed by atoms with Crippen LogP contribution in [0.15, 0.2) is 54.7 Å². The molecular formula is C21H23N3O2. The molecule has 2 aromatic rings. The Hall–Kier alpha value is -2.69. The number of aromatic nitrogens is 1. The van der Waals surface area contributed by atoms with Gasteiger partial charge in [-0.05, 0) is 30.5 Å². The Labute approximate surface area is 153 Å². The molecule has 5 nitrogen and oxygen atoms in total. The van der Waals surface area contributed by atoms with E-state index in [1.54, 1.807) is 6.20 Å². The lowest BCUT2D eigenvalue weighted by Gasteiger charge is -2.36. The molecule has 5 rings (SSSR count). The quantitative estimate of drug-likeness (QED) is 0.851. The van der Waals surface area contributed by atoms with Crippen molar-refractivity contribution in [2.24, 2.45) is 5.92 Å². The molecule has 0 saturated carbocycles. The number of fused-ring (bicyclic) bond motifs is 4. The third-order valence-corrected chi connectivity index (χ3v) is 5.40. The molecule has 1 aromatic heterocycles. The van der Waals surface area contributed by atoms with E-state index in [4.69, 9.17) is 0 Å². The van der Waals surface area contributed by atoms with Gasteiger partial charge in [0, 0.05) is 37.6 Å². The Kier molecular flexibility index (Phi) is 4.69. The highest BCUT2D eigenvalue weighted by atomic mass is 16.2. The molecule has 3 aliphatic heterocycles. The number of carbonyl (C=O) groups excluding carboxylic acids is 2. The first-order chi connectivity index (χ1) is 12.7. The Morgan fingerprint density at radius 2 is 1.85 bits per heavy atom. The molecule has 0 spiro atoms. The fourth-order valence-electron chi connectivity index (χ4n) is 4.00. The zero-order valence-corrected chi connectivity index (χ0v) is 14.8. The molecule has 1 aromatic carbocycles. The van der Waals surface area contributed by atoms with Crippen LogP contribution in [-0.4, -0.2) is 45.7 Å². The van der Waals surface area contributed by atoms with Crippen LogP contribution in [0, 0.1) is 5.92 Å². The highest BCUT2D eigenvalue weighted by molar-refractivity contribution is 5.83. The van der Waals surface area contributed by atoms with Crippen molar-refractivity contribution in [3.8, 4) is 0 Å². The second-order valence-electron chi connectivity index (χ2n) is 7.18. The van der Waals surface area contributed by atoms with Crippen molar-refractivity contribution in [2.75, 3.05) is 13.1 Å². The van der Waals surface area contributed by atoms with Gasteiger partial charge in [0.2, 0.25) is 11.8 Å². The van der Waals surface area contributed by atoms with Gasteiger partial charge in [-0.3, -0.25) is 14.6 Å². The molecule has 26 heavy (non-hydrogen) atoms. The van der Waals surface area contributed by atoms with E-state index in [1.165, 1.54) is 0 Å². The van der Waals surface area contributed by atoms with Gasteiger partial charge >= 0.3 is 0 Å². The molecular weight excluding hydrogens is 326 g/mol. The van der Waals surface area contributed by atoms with Crippen molar-refractivity contribution < 1.29 is 9.59 Å². The molecule has 0 unspecified atom stereocenters. The Morgan fingerprint density at radius 1 is 1.04 bits per heavy atom. The number of hydrogen-bond donors (Lipinski definition) is 0. The van der Waals surface area contributed by atoms with E-state index in [1.807, 2.05) is 46.2 Å². The standard InChI is InChI=1S/C21H23N3O2/c25-20(12-18-8-4-5-11-22-18)23-14-17-9-10-19(15-23)24(21(17)26)13-16-6-2-1-3-7-16/h1-8,11,17,19H,9-10,12-15H2/t17-,19+/m0/s1. The number of pyridine rings is 1. The Balaban J connectivity index is 1.48. The summed E-state index contributed by atoms with van der Waals surface area (Å²) in [5.41, 5.74) is 1.92. The Morgan fingerprint density at radius 3 is 2.62 bits per heavy atom. The van der Waals surface area contributed by atoms with E-state index in [2.05, 4.69) is 17.1 Å². The summed E-state index contributed by atoms with van der Waals surface area (Å²) in [6.07, 6.45) is 3.85. The van der Waals surface area contributed by atoms with E-state index in [0.717, 1.165) is 24.1 Å². The molecule has 4 heterocycles. The molecule has 2 bridgehead atoms. The first-order valence-electron chi connectivity index (χ1n) is 9.23. The molecule has 3 saturated heterocycles. The second-order valence-corrected chi connectivity index (χ2v) is 7.18. The number of benzene rings is 1. The Bertz CT molecular complexity index is 778. The van der Waals surface area contributed by atoms with Gasteiger partial charge < -0.3 is 9.80 Å². The summed E-state index contributed by atoms with van der Waals surface area (Å²) in [6, 6.07) is 15.8. The summed E-state index contributed by atoms with van der Waals surface area (Å²) >= 11 is 0. The van der Waals surface area contributed by atoms with Crippen LogP contribution in [-0.2, 0) is 22.6 Å². The van der Waals surface area contributed by atoms with E-state index >= 15 is 0 Å². The molecule has 0 radical (unpaired) electrons. The lowest BCUT2D eigenvalue weighted by Crippen LogP contribution is -2.47. The number of carbonyl (C=O) groups is 2. The third kappa shape index (κ3) is 3.47. The largest absolute Gasteiger partial charge is 0.339 e. The molecule has 134 valence electrons. The van der Waals surface area contributed by atoms with Gasteiger partial charge in [0.1, 0.15) is 0 Å². The second kappa shape index (κ2) is 7.28. The molecule has 0 aliphatic carbocycles. The van der Waals surface area contributed by atoms with Crippen LogP contribution in [0.5, 0.6) is 0 Å². The third-order valence-electron chi connectivity index (χ3n) is 5.40. The smallest absolute Gasteiger partial charge is 0.228 e. The van der Waals surface area contributed by atoms with Crippen LogP contribution in [0.3, 0.4) is 0 Å². The summed E-state index contributed by atoms with van der Waals surface area (Å²) in [5, 5.41) is 0. The molecule has 2 amide bonds. The van der Waals surface area contributed by atoms with Gasteiger partial charge in [0.25, 0.3) is 0 Å². The lowest BCUT2D eigenvalue weighted by molar-refractivity contribution is -0.140. The average Bonchev–Trinajstić information content (AvgIpc) is 2.96. The van der Waals surface area contributed by atoms with Crippen molar-refractivity contribution in [1.29, 1.82) is 0 Å². The number of amides is 2. The molecule has 3 fully saturated rings. The van der Waals surface area contributed by atoms with Crippen LogP contribution in [0.4, 0.5) is 0 Å². The molecule has 3 aliphatic rings. The minimum absolute atomic E-state index is 0.0648. The fraction of sp³-hybridized carbons (Fsp3) is 0.381. The van der Waals surface area contributed by atoms with Crippen LogP contribution < -0.4 is 0 Å². The fourth-order valence-corrected chi connectivity index (χ4v) is 4.00. The summed E-state index contributed by atoms with van der Waals surface area (Å²) < 4.78 is 0. The van der Waals surface area contributed by atoms with E-state index in [0.29, 0.717) is 26.1 Å². The minimum atomic E-state index is -0.0786. The lowest BCUT2D eigenvalue weighted by atomic mass is 9.93. The van der Waals surface area contributed by atoms with E-state index in [9.17, 15) is 9.59 Å². The highest BCUT2D eigenvalue weighted by Gasteiger charge is 2.41. The van der Waals surface area contributed by atoms with E-state index in [-0.39, 0.29) is 23.8 Å². The SMILES string of the molecule is O=C(Cc1ccccn1)N1C[C@@H]2CC[C@H](C1)N(Cc1ccccc1)C2=O. The maximum Gasteiger partial charge on any atom is 0.228 e. The summed E-state index contributed by atoms with van der Waals surface area (Å²) in [5.74, 6) is 0.179. The number of nitrogens with zero attached hydrogens (tertiary/aromatic N) is 3. The zero-order chi connectivity index (χ0) is 17.9. The van der Waals surface area contributed by atoms with Crippen molar-refractivity contribution in [1.82, 2.24) is 14.8 Å². The predicted octanol–water partition coefficient (Wildman–Crippen LogP) is 2.27. The molecule has 5 heteroatoms. The first kappa shape index (κ1) is 16.8. The van der Waals surface area contributed by atoms with Crippen LogP contribution >= 0.6 is 0 Å². The van der Waals surface area contributed by atoms with Gasteiger partial charge in [-0.25, -0.2) is 0 Å². The number of hydrogen-bond acceptors (Lipinski definition) is 3. The van der Waals surface area contributed by atoms with Gasteiger partial charge in [0.15, 0.2) is 0 Å². The van der Waals surface area contributed by atoms with Crippen molar-refractivity contribution in [3.63, 3.8) is 0 Å². The van der Waals surface area contributed by atoms with Crippen molar-refractivity contribution in [3.05, 3.63) is 66.0 Å². The van der Waals surface area contributed by atoms with Crippen LogP contribution in [0.2, 0.25) is 0 Å². The normalized spacial score (nSPS) is 22.4. The first-order valence-corrected chi connectivity index (χ1v) is 9.23. The summed E-state index contributed by atoms with van der Waals surface area (Å²) in [7, 11) is 0. The monoisotopic (exact) mass is 349 g/mol. The van der Waals surface area contributed by atoms with Crippen LogP contribution in [0.1, 0.15) is 24.1 Å².